The monoisotopic (exact) mass is 599 g/mol. The van der Waals surface area contributed by atoms with Crippen LogP contribution in [-0.2, 0) is 0 Å². The maximum absolute atomic E-state index is 2.36. The predicted molar refractivity (Wildman–Crippen MR) is 200 cm³/mol. The van der Waals surface area contributed by atoms with Crippen molar-refractivity contribution in [3.05, 3.63) is 200 Å². The molecule has 0 saturated heterocycles. The standard InChI is InChI=1S/C46H33N/c1-3-13-34(14-4-1)35-25-27-38(28-26-35)45-22-9-10-24-46(45)47(41-19-5-2-6-20-41)42-31-29-36(30-32-42)39-17-11-18-40(33-39)44-23-12-16-37-15-7-8-21-43(37)44/h1-33H. The minimum atomic E-state index is 1.11. The minimum absolute atomic E-state index is 1.11. The van der Waals surface area contributed by atoms with Crippen molar-refractivity contribution in [3.8, 4) is 44.5 Å². The zero-order valence-electron chi connectivity index (χ0n) is 26.0. The zero-order chi connectivity index (χ0) is 31.4. The van der Waals surface area contributed by atoms with E-state index in [9.17, 15) is 0 Å². The first-order valence-corrected chi connectivity index (χ1v) is 16.1. The molecule has 0 aliphatic carbocycles. The van der Waals surface area contributed by atoms with Crippen LogP contribution < -0.4 is 4.90 Å². The second kappa shape index (κ2) is 12.7. The van der Waals surface area contributed by atoms with Gasteiger partial charge in [-0.15, -0.1) is 0 Å². The van der Waals surface area contributed by atoms with Gasteiger partial charge >= 0.3 is 0 Å². The van der Waals surface area contributed by atoms with Gasteiger partial charge in [-0.3, -0.25) is 0 Å². The largest absolute Gasteiger partial charge is 0.310 e. The summed E-state index contributed by atoms with van der Waals surface area (Å²) in [6, 6.07) is 71.7. The molecule has 1 heteroatoms. The van der Waals surface area contributed by atoms with Crippen LogP contribution in [0, 0.1) is 0 Å². The van der Waals surface area contributed by atoms with E-state index in [1.54, 1.807) is 0 Å². The van der Waals surface area contributed by atoms with E-state index < -0.39 is 0 Å². The Morgan fingerprint density at radius 3 is 1.57 bits per heavy atom. The van der Waals surface area contributed by atoms with E-state index in [0.29, 0.717) is 0 Å². The lowest BCUT2D eigenvalue weighted by Crippen LogP contribution is -2.11. The number of rotatable bonds is 7. The van der Waals surface area contributed by atoms with Gasteiger partial charge in [-0.2, -0.15) is 0 Å². The molecule has 47 heavy (non-hydrogen) atoms. The molecule has 0 bridgehead atoms. The summed E-state index contributed by atoms with van der Waals surface area (Å²) in [5, 5.41) is 2.53. The normalized spacial score (nSPS) is 11.0. The molecule has 0 fully saturated rings. The van der Waals surface area contributed by atoms with Crippen LogP contribution in [0.25, 0.3) is 55.3 Å². The van der Waals surface area contributed by atoms with Crippen LogP contribution in [-0.4, -0.2) is 0 Å². The highest BCUT2D eigenvalue weighted by atomic mass is 15.1. The van der Waals surface area contributed by atoms with Gasteiger partial charge in [-0.25, -0.2) is 0 Å². The molecule has 0 unspecified atom stereocenters. The Bertz CT molecular complexity index is 2260. The van der Waals surface area contributed by atoms with E-state index in [2.05, 4.69) is 205 Å². The van der Waals surface area contributed by atoms with Gasteiger partial charge in [-0.1, -0.05) is 164 Å². The van der Waals surface area contributed by atoms with Crippen LogP contribution in [0.15, 0.2) is 200 Å². The number of benzene rings is 8. The Morgan fingerprint density at radius 2 is 0.766 bits per heavy atom. The molecule has 8 aromatic rings. The maximum Gasteiger partial charge on any atom is 0.0540 e. The van der Waals surface area contributed by atoms with E-state index in [4.69, 9.17) is 0 Å². The average Bonchev–Trinajstić information content (AvgIpc) is 3.16. The molecule has 8 rings (SSSR count). The lowest BCUT2D eigenvalue weighted by Gasteiger charge is -2.28. The minimum Gasteiger partial charge on any atom is -0.310 e. The summed E-state index contributed by atoms with van der Waals surface area (Å²) in [5.41, 5.74) is 13.0. The fraction of sp³-hybridized carbons (Fsp3) is 0. The van der Waals surface area contributed by atoms with Crippen LogP contribution >= 0.6 is 0 Å². The van der Waals surface area contributed by atoms with Gasteiger partial charge in [0.2, 0.25) is 0 Å². The van der Waals surface area contributed by atoms with Crippen LogP contribution in [0.4, 0.5) is 17.1 Å². The first-order valence-electron chi connectivity index (χ1n) is 16.1. The average molecular weight is 600 g/mol. The zero-order valence-corrected chi connectivity index (χ0v) is 26.0. The highest BCUT2D eigenvalue weighted by Gasteiger charge is 2.17. The summed E-state index contributed by atoms with van der Waals surface area (Å²) in [4.78, 5) is 2.36. The lowest BCUT2D eigenvalue weighted by molar-refractivity contribution is 1.28. The Kier molecular flexibility index (Phi) is 7.63. The maximum atomic E-state index is 2.36. The van der Waals surface area contributed by atoms with Crippen molar-refractivity contribution in [2.75, 3.05) is 4.90 Å². The molecule has 0 atom stereocenters. The van der Waals surface area contributed by atoms with E-state index >= 15 is 0 Å². The van der Waals surface area contributed by atoms with Gasteiger partial charge in [-0.05, 0) is 86.1 Å². The quantitative estimate of drug-likeness (QED) is 0.176. The molecule has 0 radical (unpaired) electrons. The number of fused-ring (bicyclic) bond motifs is 1. The predicted octanol–water partition coefficient (Wildman–Crippen LogP) is 13.0. The molecule has 0 N–H and O–H groups in total. The first kappa shape index (κ1) is 28.3. The molecule has 0 spiro atoms. The Hall–Kier alpha value is -6.18. The fourth-order valence-corrected chi connectivity index (χ4v) is 6.54. The van der Waals surface area contributed by atoms with Gasteiger partial charge in [0.05, 0.1) is 5.69 Å². The molecule has 222 valence electrons. The third kappa shape index (κ3) is 5.72. The van der Waals surface area contributed by atoms with Crippen molar-refractivity contribution in [1.82, 2.24) is 0 Å². The van der Waals surface area contributed by atoms with Crippen molar-refractivity contribution >= 4 is 27.8 Å². The molecule has 0 aromatic heterocycles. The Balaban J connectivity index is 1.16. The van der Waals surface area contributed by atoms with E-state index in [-0.39, 0.29) is 0 Å². The summed E-state index contributed by atoms with van der Waals surface area (Å²) in [7, 11) is 0. The molecular formula is C46H33N. The highest BCUT2D eigenvalue weighted by molar-refractivity contribution is 5.97. The molecule has 0 aliphatic heterocycles. The summed E-state index contributed by atoms with van der Waals surface area (Å²) < 4.78 is 0. The van der Waals surface area contributed by atoms with Crippen LogP contribution in [0.1, 0.15) is 0 Å². The van der Waals surface area contributed by atoms with Crippen LogP contribution in [0.2, 0.25) is 0 Å². The summed E-state index contributed by atoms with van der Waals surface area (Å²) in [6.45, 7) is 0. The number of hydrogen-bond acceptors (Lipinski definition) is 1. The molecule has 0 saturated carbocycles. The Morgan fingerprint density at radius 1 is 0.277 bits per heavy atom. The van der Waals surface area contributed by atoms with Gasteiger partial charge in [0.25, 0.3) is 0 Å². The van der Waals surface area contributed by atoms with E-state index in [0.717, 1.165) is 17.1 Å². The van der Waals surface area contributed by atoms with Crippen molar-refractivity contribution in [1.29, 1.82) is 0 Å². The molecule has 8 aromatic carbocycles. The first-order chi connectivity index (χ1) is 23.3. The second-order valence-corrected chi connectivity index (χ2v) is 11.8. The molecule has 0 aliphatic rings. The van der Waals surface area contributed by atoms with E-state index in [1.807, 2.05) is 0 Å². The highest BCUT2D eigenvalue weighted by Crippen LogP contribution is 2.41. The molecule has 0 amide bonds. The fourth-order valence-electron chi connectivity index (χ4n) is 6.54. The van der Waals surface area contributed by atoms with Gasteiger partial charge < -0.3 is 4.90 Å². The SMILES string of the molecule is c1ccc(-c2ccc(-c3ccccc3N(c3ccccc3)c3ccc(-c4cccc(-c5cccc6ccccc56)c4)cc3)cc2)cc1. The topological polar surface area (TPSA) is 3.24 Å². The summed E-state index contributed by atoms with van der Waals surface area (Å²) in [6.07, 6.45) is 0. The van der Waals surface area contributed by atoms with E-state index in [1.165, 1.54) is 55.3 Å². The number of anilines is 3. The third-order valence-electron chi connectivity index (χ3n) is 8.88. The third-order valence-corrected chi connectivity index (χ3v) is 8.88. The van der Waals surface area contributed by atoms with Gasteiger partial charge in [0.1, 0.15) is 0 Å². The lowest BCUT2D eigenvalue weighted by atomic mass is 9.95. The number of para-hydroxylation sites is 2. The number of hydrogen-bond donors (Lipinski definition) is 0. The van der Waals surface area contributed by atoms with Crippen molar-refractivity contribution in [2.24, 2.45) is 0 Å². The second-order valence-electron chi connectivity index (χ2n) is 11.8. The number of nitrogens with zero attached hydrogens (tertiary/aromatic N) is 1. The van der Waals surface area contributed by atoms with Gasteiger partial charge in [0, 0.05) is 16.9 Å². The molecule has 0 heterocycles. The smallest absolute Gasteiger partial charge is 0.0540 e. The summed E-state index contributed by atoms with van der Waals surface area (Å²) >= 11 is 0. The molecular weight excluding hydrogens is 567 g/mol. The van der Waals surface area contributed by atoms with Crippen molar-refractivity contribution in [2.45, 2.75) is 0 Å². The van der Waals surface area contributed by atoms with Crippen molar-refractivity contribution < 1.29 is 0 Å². The molecule has 1 nitrogen and oxygen atoms in total. The van der Waals surface area contributed by atoms with Crippen LogP contribution in [0.3, 0.4) is 0 Å². The Labute approximate surface area is 276 Å². The summed E-state index contributed by atoms with van der Waals surface area (Å²) in [5.74, 6) is 0. The van der Waals surface area contributed by atoms with Crippen LogP contribution in [0.5, 0.6) is 0 Å². The van der Waals surface area contributed by atoms with Gasteiger partial charge in [0.15, 0.2) is 0 Å². The van der Waals surface area contributed by atoms with Crippen molar-refractivity contribution in [3.63, 3.8) is 0 Å².